The highest BCUT2D eigenvalue weighted by Gasteiger charge is 2.43. The van der Waals surface area contributed by atoms with Crippen LogP contribution < -0.4 is 5.56 Å². The lowest BCUT2D eigenvalue weighted by atomic mass is 9.65. The van der Waals surface area contributed by atoms with E-state index in [0.717, 1.165) is 48.9 Å². The molecule has 2 aromatic rings. The maximum absolute atomic E-state index is 14.0. The van der Waals surface area contributed by atoms with Crippen molar-refractivity contribution in [3.8, 4) is 11.3 Å². The van der Waals surface area contributed by atoms with E-state index >= 15 is 0 Å². The Labute approximate surface area is 173 Å². The Hall–Kier alpha value is -1.94. The number of hydrogen-bond donors (Lipinski definition) is 0. The van der Waals surface area contributed by atoms with Gasteiger partial charge in [-0.3, -0.25) is 9.36 Å². The highest BCUT2D eigenvalue weighted by molar-refractivity contribution is 5.71. The van der Waals surface area contributed by atoms with Crippen LogP contribution in [0.4, 0.5) is 0 Å². The molecule has 0 radical (unpaired) electrons. The van der Waals surface area contributed by atoms with Crippen LogP contribution in [0, 0.1) is 0 Å². The van der Waals surface area contributed by atoms with Crippen molar-refractivity contribution in [1.82, 2.24) is 9.55 Å². The minimum atomic E-state index is -0.190. The van der Waals surface area contributed by atoms with Crippen LogP contribution >= 0.6 is 0 Å². The van der Waals surface area contributed by atoms with Crippen LogP contribution in [0.25, 0.3) is 11.3 Å². The fourth-order valence-electron chi connectivity index (χ4n) is 6.04. The first-order valence-electron chi connectivity index (χ1n) is 11.3. The van der Waals surface area contributed by atoms with Gasteiger partial charge >= 0.3 is 0 Å². The van der Waals surface area contributed by atoms with Gasteiger partial charge in [-0.1, -0.05) is 49.9 Å². The zero-order chi connectivity index (χ0) is 20.1. The van der Waals surface area contributed by atoms with E-state index < -0.39 is 0 Å². The molecule has 1 saturated carbocycles. The summed E-state index contributed by atoms with van der Waals surface area (Å²) in [5, 5.41) is 0. The van der Waals surface area contributed by atoms with Gasteiger partial charge in [-0.2, -0.15) is 0 Å². The molecule has 4 nitrogen and oxygen atoms in total. The smallest absolute Gasteiger partial charge is 0.257 e. The molecule has 0 bridgehead atoms. The van der Waals surface area contributed by atoms with Crippen LogP contribution in [0.1, 0.15) is 82.4 Å². The standard InChI is InChI=1S/C25H32N2O2/c1-24(2)16-19(11-14-29-24)27-17-26-22-20-10-6-5-9-18(20)15-25(21(22)23(27)28)12-7-3-4-8-13-25/h5-6,9-10,17,19H,3-4,7-8,11-16H2,1-2H3. The second-order valence-electron chi connectivity index (χ2n) is 9.96. The number of rotatable bonds is 1. The summed E-state index contributed by atoms with van der Waals surface area (Å²) in [6, 6.07) is 8.75. The molecule has 1 aromatic carbocycles. The van der Waals surface area contributed by atoms with E-state index in [9.17, 15) is 4.79 Å². The molecule has 2 aliphatic carbocycles. The zero-order valence-electron chi connectivity index (χ0n) is 17.7. The minimum absolute atomic E-state index is 0.0477. The number of nitrogens with zero attached hydrogens (tertiary/aromatic N) is 2. The predicted molar refractivity (Wildman–Crippen MR) is 115 cm³/mol. The predicted octanol–water partition coefficient (Wildman–Crippen LogP) is 5.19. The van der Waals surface area contributed by atoms with Crippen molar-refractivity contribution in [3.05, 3.63) is 52.1 Å². The number of fused-ring (bicyclic) bond motifs is 4. The topological polar surface area (TPSA) is 44.1 Å². The SMILES string of the molecule is CC1(C)CC(n2cnc3c(c2=O)C2(CCCCCC2)Cc2ccccc2-3)CCO1. The van der Waals surface area contributed by atoms with Crippen molar-refractivity contribution >= 4 is 0 Å². The van der Waals surface area contributed by atoms with Gasteiger partial charge in [0.2, 0.25) is 0 Å². The molecule has 3 aliphatic rings. The summed E-state index contributed by atoms with van der Waals surface area (Å²) in [5.74, 6) is 0. The fourth-order valence-corrected chi connectivity index (χ4v) is 6.04. The summed E-state index contributed by atoms with van der Waals surface area (Å²) in [6.07, 6.45) is 11.7. The lowest BCUT2D eigenvalue weighted by Crippen LogP contribution is -2.44. The van der Waals surface area contributed by atoms with Gasteiger partial charge in [0.1, 0.15) is 0 Å². The van der Waals surface area contributed by atoms with E-state index in [2.05, 4.69) is 38.1 Å². The minimum Gasteiger partial charge on any atom is -0.375 e. The molecule has 1 unspecified atom stereocenters. The molecule has 0 N–H and O–H groups in total. The van der Waals surface area contributed by atoms with Gasteiger partial charge in [-0.25, -0.2) is 4.98 Å². The number of hydrogen-bond acceptors (Lipinski definition) is 3. The first-order valence-corrected chi connectivity index (χ1v) is 11.3. The average Bonchev–Trinajstić information content (AvgIpc) is 2.93. The Kier molecular flexibility index (Phi) is 4.65. The van der Waals surface area contributed by atoms with E-state index in [1.165, 1.54) is 31.2 Å². The maximum atomic E-state index is 14.0. The van der Waals surface area contributed by atoms with E-state index in [4.69, 9.17) is 9.72 Å². The molecule has 154 valence electrons. The van der Waals surface area contributed by atoms with Gasteiger partial charge in [0.05, 0.1) is 23.2 Å². The maximum Gasteiger partial charge on any atom is 0.257 e. The van der Waals surface area contributed by atoms with Crippen LogP contribution in [-0.4, -0.2) is 21.8 Å². The molecule has 4 heteroatoms. The quantitative estimate of drug-likeness (QED) is 0.671. The van der Waals surface area contributed by atoms with Crippen LogP contribution in [0.2, 0.25) is 0 Å². The summed E-state index contributed by atoms with van der Waals surface area (Å²) in [4.78, 5) is 18.9. The number of aromatic nitrogens is 2. The Bertz CT molecular complexity index is 967. The molecule has 1 aliphatic heterocycles. The van der Waals surface area contributed by atoms with Crippen molar-refractivity contribution in [2.45, 2.75) is 88.7 Å². The molecular formula is C25H32N2O2. The second-order valence-corrected chi connectivity index (χ2v) is 9.96. The van der Waals surface area contributed by atoms with Gasteiger partial charge in [0.25, 0.3) is 5.56 Å². The summed E-state index contributed by atoms with van der Waals surface area (Å²) in [5.41, 5.74) is 4.44. The largest absolute Gasteiger partial charge is 0.375 e. The van der Waals surface area contributed by atoms with Crippen molar-refractivity contribution in [3.63, 3.8) is 0 Å². The van der Waals surface area contributed by atoms with Gasteiger partial charge < -0.3 is 4.74 Å². The summed E-state index contributed by atoms with van der Waals surface area (Å²) in [6.45, 7) is 4.95. The summed E-state index contributed by atoms with van der Waals surface area (Å²) in [7, 11) is 0. The van der Waals surface area contributed by atoms with Crippen molar-refractivity contribution in [2.24, 2.45) is 0 Å². The van der Waals surface area contributed by atoms with E-state index in [0.29, 0.717) is 6.61 Å². The first kappa shape index (κ1) is 19.0. The van der Waals surface area contributed by atoms with Crippen molar-refractivity contribution in [2.75, 3.05) is 6.61 Å². The molecule has 29 heavy (non-hydrogen) atoms. The Morgan fingerprint density at radius 2 is 1.86 bits per heavy atom. The van der Waals surface area contributed by atoms with E-state index in [-0.39, 0.29) is 22.6 Å². The van der Waals surface area contributed by atoms with Gasteiger partial charge in [-0.05, 0) is 51.5 Å². The van der Waals surface area contributed by atoms with E-state index in [1.54, 1.807) is 0 Å². The number of ether oxygens (including phenoxy) is 1. The van der Waals surface area contributed by atoms with Gasteiger partial charge in [-0.15, -0.1) is 0 Å². The Balaban J connectivity index is 1.68. The van der Waals surface area contributed by atoms with Crippen LogP contribution in [-0.2, 0) is 16.6 Å². The monoisotopic (exact) mass is 392 g/mol. The molecule has 2 heterocycles. The number of benzene rings is 1. The van der Waals surface area contributed by atoms with Crippen LogP contribution in [0.15, 0.2) is 35.4 Å². The molecule has 1 spiro atoms. The fraction of sp³-hybridized carbons (Fsp3) is 0.600. The molecule has 1 aromatic heterocycles. The zero-order valence-corrected chi connectivity index (χ0v) is 17.7. The summed E-state index contributed by atoms with van der Waals surface area (Å²) < 4.78 is 7.85. The first-order chi connectivity index (χ1) is 14.0. The Morgan fingerprint density at radius 1 is 1.10 bits per heavy atom. The lowest BCUT2D eigenvalue weighted by Gasteiger charge is -2.40. The molecular weight excluding hydrogens is 360 g/mol. The highest BCUT2D eigenvalue weighted by Crippen LogP contribution is 2.47. The van der Waals surface area contributed by atoms with Crippen LogP contribution in [0.3, 0.4) is 0 Å². The third kappa shape index (κ3) is 3.26. The second kappa shape index (κ2) is 7.09. The third-order valence-corrected chi connectivity index (χ3v) is 7.45. The molecule has 5 rings (SSSR count). The lowest BCUT2D eigenvalue weighted by molar-refractivity contribution is -0.0697. The highest BCUT2D eigenvalue weighted by atomic mass is 16.5. The van der Waals surface area contributed by atoms with Crippen molar-refractivity contribution < 1.29 is 4.74 Å². The van der Waals surface area contributed by atoms with Crippen LogP contribution in [0.5, 0.6) is 0 Å². The van der Waals surface area contributed by atoms with Gasteiger partial charge in [0.15, 0.2) is 0 Å². The Morgan fingerprint density at radius 3 is 2.62 bits per heavy atom. The van der Waals surface area contributed by atoms with Gasteiger partial charge in [0, 0.05) is 23.6 Å². The van der Waals surface area contributed by atoms with Crippen molar-refractivity contribution in [1.29, 1.82) is 0 Å². The molecule has 0 amide bonds. The molecule has 1 saturated heterocycles. The average molecular weight is 393 g/mol. The molecule has 1 atom stereocenters. The third-order valence-electron chi connectivity index (χ3n) is 7.45. The van der Waals surface area contributed by atoms with E-state index in [1.807, 2.05) is 10.9 Å². The summed E-state index contributed by atoms with van der Waals surface area (Å²) >= 11 is 0. The normalized spacial score (nSPS) is 25.1. The molecule has 2 fully saturated rings.